The average Bonchev–Trinajstić information content (AvgIpc) is 2.54. The fraction of sp³-hybridized carbons (Fsp3) is 0.647. The third-order valence-electron chi connectivity index (χ3n) is 4.98. The number of hydrogen-bond acceptors (Lipinski definition) is 3. The van der Waals surface area contributed by atoms with Crippen LogP contribution in [0.25, 0.3) is 0 Å². The highest BCUT2D eigenvalue weighted by molar-refractivity contribution is 5.30. The minimum absolute atomic E-state index is 0.0540. The van der Waals surface area contributed by atoms with E-state index in [0.29, 0.717) is 5.92 Å². The molecule has 1 heterocycles. The van der Waals surface area contributed by atoms with Crippen molar-refractivity contribution in [1.29, 1.82) is 0 Å². The SMILES string of the molecule is CCC(O)C1(C(C)c2ccc(OC)cc2)CCCNC1. The molecule has 2 rings (SSSR count). The Morgan fingerprint density at radius 1 is 1.35 bits per heavy atom. The largest absolute Gasteiger partial charge is 0.497 e. The topological polar surface area (TPSA) is 41.5 Å². The van der Waals surface area contributed by atoms with Gasteiger partial charge in [0.1, 0.15) is 5.75 Å². The smallest absolute Gasteiger partial charge is 0.118 e. The van der Waals surface area contributed by atoms with E-state index in [1.807, 2.05) is 12.1 Å². The Hall–Kier alpha value is -1.06. The lowest BCUT2D eigenvalue weighted by Gasteiger charge is -2.46. The second-order valence-corrected chi connectivity index (χ2v) is 5.93. The summed E-state index contributed by atoms with van der Waals surface area (Å²) in [5.41, 5.74) is 1.23. The van der Waals surface area contributed by atoms with Crippen molar-refractivity contribution in [1.82, 2.24) is 5.32 Å². The van der Waals surface area contributed by atoms with Gasteiger partial charge in [-0.1, -0.05) is 26.0 Å². The van der Waals surface area contributed by atoms with Crippen LogP contribution in [0.15, 0.2) is 24.3 Å². The summed E-state index contributed by atoms with van der Waals surface area (Å²) in [5, 5.41) is 14.1. The molecule has 3 nitrogen and oxygen atoms in total. The van der Waals surface area contributed by atoms with E-state index in [9.17, 15) is 5.11 Å². The van der Waals surface area contributed by atoms with Gasteiger partial charge in [0.15, 0.2) is 0 Å². The number of benzene rings is 1. The average molecular weight is 277 g/mol. The highest BCUT2D eigenvalue weighted by Crippen LogP contribution is 2.44. The van der Waals surface area contributed by atoms with Crippen LogP contribution in [0.1, 0.15) is 44.6 Å². The monoisotopic (exact) mass is 277 g/mol. The van der Waals surface area contributed by atoms with Crippen molar-refractivity contribution >= 4 is 0 Å². The molecule has 3 atom stereocenters. The summed E-state index contributed by atoms with van der Waals surface area (Å²) in [6, 6.07) is 8.27. The van der Waals surface area contributed by atoms with Crippen molar-refractivity contribution in [3.8, 4) is 5.75 Å². The molecule has 1 aromatic carbocycles. The van der Waals surface area contributed by atoms with E-state index in [4.69, 9.17) is 4.74 Å². The normalized spacial score (nSPS) is 26.0. The molecule has 3 unspecified atom stereocenters. The van der Waals surface area contributed by atoms with Gasteiger partial charge in [-0.3, -0.25) is 0 Å². The summed E-state index contributed by atoms with van der Waals surface area (Å²) in [4.78, 5) is 0. The van der Waals surface area contributed by atoms with Crippen LogP contribution in [0.4, 0.5) is 0 Å². The molecular formula is C17H27NO2. The van der Waals surface area contributed by atoms with Gasteiger partial charge in [-0.05, 0) is 49.4 Å². The van der Waals surface area contributed by atoms with Crippen LogP contribution in [0.2, 0.25) is 0 Å². The molecule has 1 aromatic rings. The number of methoxy groups -OCH3 is 1. The van der Waals surface area contributed by atoms with E-state index < -0.39 is 0 Å². The summed E-state index contributed by atoms with van der Waals surface area (Å²) in [6.45, 7) is 6.28. The van der Waals surface area contributed by atoms with Gasteiger partial charge in [-0.2, -0.15) is 0 Å². The van der Waals surface area contributed by atoms with E-state index >= 15 is 0 Å². The zero-order valence-electron chi connectivity index (χ0n) is 12.9. The Morgan fingerprint density at radius 3 is 2.55 bits per heavy atom. The minimum Gasteiger partial charge on any atom is -0.497 e. The molecule has 2 N–H and O–H groups in total. The van der Waals surface area contributed by atoms with Gasteiger partial charge < -0.3 is 15.2 Å². The maximum Gasteiger partial charge on any atom is 0.118 e. The Kier molecular flexibility index (Phi) is 5.06. The first-order valence-corrected chi connectivity index (χ1v) is 7.66. The Bertz CT molecular complexity index is 410. The van der Waals surface area contributed by atoms with E-state index in [1.165, 1.54) is 5.56 Å². The minimum atomic E-state index is -0.257. The molecule has 112 valence electrons. The van der Waals surface area contributed by atoms with E-state index in [-0.39, 0.29) is 11.5 Å². The predicted octanol–water partition coefficient (Wildman–Crippen LogP) is 2.94. The molecule has 3 heteroatoms. The number of piperidine rings is 1. The number of rotatable bonds is 5. The maximum absolute atomic E-state index is 10.6. The predicted molar refractivity (Wildman–Crippen MR) is 82.2 cm³/mol. The molecule has 0 amide bonds. The van der Waals surface area contributed by atoms with Crippen LogP contribution in [0.3, 0.4) is 0 Å². The van der Waals surface area contributed by atoms with E-state index in [1.54, 1.807) is 7.11 Å². The lowest BCUT2D eigenvalue weighted by Crippen LogP contribution is -2.50. The van der Waals surface area contributed by atoms with Gasteiger partial charge in [-0.15, -0.1) is 0 Å². The van der Waals surface area contributed by atoms with Crippen molar-refractivity contribution < 1.29 is 9.84 Å². The number of hydrogen-bond donors (Lipinski definition) is 2. The molecule has 0 saturated carbocycles. The van der Waals surface area contributed by atoms with Crippen LogP contribution in [-0.4, -0.2) is 31.4 Å². The summed E-state index contributed by atoms with van der Waals surface area (Å²) >= 11 is 0. The summed E-state index contributed by atoms with van der Waals surface area (Å²) < 4.78 is 5.23. The zero-order valence-corrected chi connectivity index (χ0v) is 12.9. The second kappa shape index (κ2) is 6.59. The second-order valence-electron chi connectivity index (χ2n) is 5.93. The van der Waals surface area contributed by atoms with Gasteiger partial charge in [0.25, 0.3) is 0 Å². The van der Waals surface area contributed by atoms with Gasteiger partial charge in [-0.25, -0.2) is 0 Å². The molecule has 0 spiro atoms. The highest BCUT2D eigenvalue weighted by atomic mass is 16.5. The fourth-order valence-electron chi connectivity index (χ4n) is 3.53. The van der Waals surface area contributed by atoms with Crippen LogP contribution in [0.5, 0.6) is 5.75 Å². The van der Waals surface area contributed by atoms with Crippen molar-refractivity contribution in [2.75, 3.05) is 20.2 Å². The summed E-state index contributed by atoms with van der Waals surface area (Å²) in [5.74, 6) is 1.21. The molecule has 20 heavy (non-hydrogen) atoms. The molecule has 0 bridgehead atoms. The van der Waals surface area contributed by atoms with Crippen LogP contribution < -0.4 is 10.1 Å². The Labute approximate surface area is 122 Å². The lowest BCUT2D eigenvalue weighted by atomic mass is 9.64. The van der Waals surface area contributed by atoms with Crippen molar-refractivity contribution in [3.05, 3.63) is 29.8 Å². The Balaban J connectivity index is 2.27. The molecular weight excluding hydrogens is 250 g/mol. The molecule has 1 fully saturated rings. The van der Waals surface area contributed by atoms with Gasteiger partial charge in [0.2, 0.25) is 0 Å². The molecule has 0 aliphatic carbocycles. The number of aliphatic hydroxyl groups excluding tert-OH is 1. The number of ether oxygens (including phenoxy) is 1. The summed E-state index contributed by atoms with van der Waals surface area (Å²) in [7, 11) is 1.69. The third-order valence-corrected chi connectivity index (χ3v) is 4.98. The maximum atomic E-state index is 10.6. The third kappa shape index (κ3) is 2.84. The number of aliphatic hydroxyl groups is 1. The van der Waals surface area contributed by atoms with Gasteiger partial charge in [0, 0.05) is 12.0 Å². The van der Waals surface area contributed by atoms with E-state index in [2.05, 4.69) is 31.3 Å². The van der Waals surface area contributed by atoms with Crippen LogP contribution >= 0.6 is 0 Å². The molecule has 1 aliphatic heterocycles. The molecule has 0 aromatic heterocycles. The van der Waals surface area contributed by atoms with Gasteiger partial charge in [0.05, 0.1) is 13.2 Å². The van der Waals surface area contributed by atoms with Crippen molar-refractivity contribution in [3.63, 3.8) is 0 Å². The van der Waals surface area contributed by atoms with Gasteiger partial charge >= 0.3 is 0 Å². The molecule has 1 aliphatic rings. The van der Waals surface area contributed by atoms with Crippen molar-refractivity contribution in [2.45, 2.75) is 45.1 Å². The summed E-state index contributed by atoms with van der Waals surface area (Å²) in [6.07, 6.45) is 2.77. The van der Waals surface area contributed by atoms with E-state index in [0.717, 1.165) is 38.1 Å². The Morgan fingerprint density at radius 2 is 2.05 bits per heavy atom. The lowest BCUT2D eigenvalue weighted by molar-refractivity contribution is -0.0133. The zero-order chi connectivity index (χ0) is 14.6. The molecule has 1 saturated heterocycles. The highest BCUT2D eigenvalue weighted by Gasteiger charge is 2.43. The van der Waals surface area contributed by atoms with Crippen LogP contribution in [-0.2, 0) is 0 Å². The first-order valence-electron chi connectivity index (χ1n) is 7.66. The number of nitrogens with one attached hydrogen (secondary N) is 1. The first kappa shape index (κ1) is 15.3. The standard InChI is InChI=1S/C17H27NO2/c1-4-16(19)17(10-5-11-18-12-17)13(2)14-6-8-15(20-3)9-7-14/h6-9,13,16,18-19H,4-5,10-12H2,1-3H3. The quantitative estimate of drug-likeness (QED) is 0.869. The molecule has 0 radical (unpaired) electrons. The first-order chi connectivity index (χ1) is 9.64. The van der Waals surface area contributed by atoms with Crippen LogP contribution in [0, 0.1) is 5.41 Å². The van der Waals surface area contributed by atoms with Crippen molar-refractivity contribution in [2.24, 2.45) is 5.41 Å². The fourth-order valence-corrected chi connectivity index (χ4v) is 3.53.